The lowest BCUT2D eigenvalue weighted by molar-refractivity contribution is -0.0346. The Labute approximate surface area is 121 Å². The second kappa shape index (κ2) is 7.76. The van der Waals surface area contributed by atoms with Crippen molar-refractivity contribution in [3.05, 3.63) is 17.5 Å². The lowest BCUT2D eigenvalue weighted by Crippen LogP contribution is -2.41. The highest BCUT2D eigenvalue weighted by Gasteiger charge is 2.20. The van der Waals surface area contributed by atoms with Crippen molar-refractivity contribution in [1.29, 1.82) is 0 Å². The van der Waals surface area contributed by atoms with Crippen LogP contribution in [0.4, 0.5) is 0 Å². The molecule has 2 heterocycles. The first-order valence-electron chi connectivity index (χ1n) is 7.66. The van der Waals surface area contributed by atoms with Gasteiger partial charge < -0.3 is 14.6 Å². The van der Waals surface area contributed by atoms with E-state index in [4.69, 9.17) is 9.26 Å². The first kappa shape index (κ1) is 15.5. The molecule has 0 amide bonds. The maximum absolute atomic E-state index is 5.68. The molecule has 0 radical (unpaired) electrons. The molecule has 0 bridgehead atoms. The first-order valence-corrected chi connectivity index (χ1v) is 7.66. The van der Waals surface area contributed by atoms with Crippen molar-refractivity contribution in [2.75, 3.05) is 26.2 Å². The summed E-state index contributed by atoms with van der Waals surface area (Å²) in [6, 6.07) is 2.06. The van der Waals surface area contributed by atoms with Gasteiger partial charge in [0.25, 0.3) is 0 Å². The molecule has 0 aromatic carbocycles. The van der Waals surface area contributed by atoms with Gasteiger partial charge in [0.1, 0.15) is 0 Å². The van der Waals surface area contributed by atoms with Gasteiger partial charge in [-0.3, -0.25) is 4.90 Å². The maximum Gasteiger partial charge on any atom is 0.151 e. The van der Waals surface area contributed by atoms with E-state index in [-0.39, 0.29) is 0 Å². The number of aromatic nitrogens is 1. The molecule has 0 aliphatic carbocycles. The standard InChI is InChI=1S/C15H27N3O2/c1-4-14-10-18(5-6-19-14)11-15-7-13(17-20-15)9-16-8-12(2)3/h7,12,14,16H,4-6,8-11H2,1-3H3. The number of nitrogens with zero attached hydrogens (tertiary/aromatic N) is 2. The molecule has 1 aliphatic rings. The summed E-state index contributed by atoms with van der Waals surface area (Å²) in [6.45, 7) is 11.9. The Morgan fingerprint density at radius 3 is 3.10 bits per heavy atom. The van der Waals surface area contributed by atoms with Crippen LogP contribution in [0.25, 0.3) is 0 Å². The average molecular weight is 281 g/mol. The van der Waals surface area contributed by atoms with Crippen LogP contribution in [0.2, 0.25) is 0 Å². The molecule has 1 aromatic heterocycles. The van der Waals surface area contributed by atoms with E-state index in [1.165, 1.54) is 0 Å². The molecule has 114 valence electrons. The molecule has 5 heteroatoms. The maximum atomic E-state index is 5.68. The highest BCUT2D eigenvalue weighted by atomic mass is 16.5. The van der Waals surface area contributed by atoms with Crippen LogP contribution < -0.4 is 5.32 Å². The Hall–Kier alpha value is -0.910. The largest absolute Gasteiger partial charge is 0.376 e. The van der Waals surface area contributed by atoms with E-state index in [1.807, 2.05) is 0 Å². The monoisotopic (exact) mass is 281 g/mol. The summed E-state index contributed by atoms with van der Waals surface area (Å²) in [5.41, 5.74) is 0.987. The Bertz CT molecular complexity index is 392. The van der Waals surface area contributed by atoms with E-state index in [0.29, 0.717) is 12.0 Å². The van der Waals surface area contributed by atoms with Crippen LogP contribution in [0.5, 0.6) is 0 Å². The first-order chi connectivity index (χ1) is 9.67. The van der Waals surface area contributed by atoms with Crippen molar-refractivity contribution in [2.45, 2.75) is 46.4 Å². The molecular formula is C15H27N3O2. The molecule has 1 aliphatic heterocycles. The minimum absolute atomic E-state index is 0.360. The van der Waals surface area contributed by atoms with Crippen molar-refractivity contribution in [2.24, 2.45) is 5.92 Å². The van der Waals surface area contributed by atoms with Crippen LogP contribution in [0.1, 0.15) is 38.6 Å². The fourth-order valence-corrected chi connectivity index (χ4v) is 2.39. The lowest BCUT2D eigenvalue weighted by atomic mass is 10.2. The molecule has 0 spiro atoms. The van der Waals surface area contributed by atoms with E-state index in [9.17, 15) is 0 Å². The Balaban J connectivity index is 1.77. The van der Waals surface area contributed by atoms with Gasteiger partial charge >= 0.3 is 0 Å². The van der Waals surface area contributed by atoms with E-state index in [0.717, 1.165) is 57.2 Å². The normalized spacial score (nSPS) is 20.7. The Kier molecular flexibility index (Phi) is 6.01. The minimum Gasteiger partial charge on any atom is -0.376 e. The van der Waals surface area contributed by atoms with E-state index in [1.54, 1.807) is 0 Å². The molecule has 1 atom stereocenters. The molecule has 1 aromatic rings. The summed E-state index contributed by atoms with van der Waals surface area (Å²) in [5.74, 6) is 1.60. The SMILES string of the molecule is CCC1CN(Cc2cc(CNCC(C)C)no2)CCO1. The zero-order chi connectivity index (χ0) is 14.4. The third-order valence-corrected chi connectivity index (χ3v) is 3.52. The Morgan fingerprint density at radius 2 is 2.35 bits per heavy atom. The van der Waals surface area contributed by atoms with E-state index >= 15 is 0 Å². The number of nitrogens with one attached hydrogen (secondary N) is 1. The van der Waals surface area contributed by atoms with Crippen molar-refractivity contribution >= 4 is 0 Å². The van der Waals surface area contributed by atoms with Crippen molar-refractivity contribution in [3.8, 4) is 0 Å². The number of hydrogen-bond acceptors (Lipinski definition) is 5. The fraction of sp³-hybridized carbons (Fsp3) is 0.800. The van der Waals surface area contributed by atoms with Gasteiger partial charge in [0.2, 0.25) is 0 Å². The van der Waals surface area contributed by atoms with Crippen LogP contribution >= 0.6 is 0 Å². The van der Waals surface area contributed by atoms with Gasteiger partial charge in [0.05, 0.1) is 24.9 Å². The predicted octanol–water partition coefficient (Wildman–Crippen LogP) is 2.03. The molecule has 20 heavy (non-hydrogen) atoms. The van der Waals surface area contributed by atoms with Gasteiger partial charge in [0, 0.05) is 25.7 Å². The quantitative estimate of drug-likeness (QED) is 0.829. The molecule has 0 saturated carbocycles. The van der Waals surface area contributed by atoms with Crippen molar-refractivity contribution in [3.63, 3.8) is 0 Å². The van der Waals surface area contributed by atoms with Crippen molar-refractivity contribution in [1.82, 2.24) is 15.4 Å². The van der Waals surface area contributed by atoms with Gasteiger partial charge in [-0.2, -0.15) is 0 Å². The zero-order valence-electron chi connectivity index (χ0n) is 12.9. The molecule has 1 saturated heterocycles. The van der Waals surface area contributed by atoms with Gasteiger partial charge in [-0.25, -0.2) is 0 Å². The van der Waals surface area contributed by atoms with E-state index in [2.05, 4.69) is 42.2 Å². The smallest absolute Gasteiger partial charge is 0.151 e. The van der Waals surface area contributed by atoms with Gasteiger partial charge in [-0.05, 0) is 18.9 Å². The summed E-state index contributed by atoms with van der Waals surface area (Å²) in [4.78, 5) is 2.38. The summed E-state index contributed by atoms with van der Waals surface area (Å²) in [5, 5.41) is 7.50. The molecule has 1 fully saturated rings. The summed E-state index contributed by atoms with van der Waals surface area (Å²) in [7, 11) is 0. The summed E-state index contributed by atoms with van der Waals surface area (Å²) in [6.07, 6.45) is 1.43. The second-order valence-electron chi connectivity index (χ2n) is 5.95. The van der Waals surface area contributed by atoms with Crippen LogP contribution in [0.15, 0.2) is 10.6 Å². The number of ether oxygens (including phenoxy) is 1. The summed E-state index contributed by atoms with van der Waals surface area (Å²) >= 11 is 0. The second-order valence-corrected chi connectivity index (χ2v) is 5.95. The van der Waals surface area contributed by atoms with E-state index < -0.39 is 0 Å². The molecule has 1 unspecified atom stereocenters. The van der Waals surface area contributed by atoms with Crippen molar-refractivity contribution < 1.29 is 9.26 Å². The molecule has 2 rings (SSSR count). The van der Waals surface area contributed by atoms with Crippen LogP contribution in [0, 0.1) is 5.92 Å². The number of rotatable bonds is 7. The van der Waals surface area contributed by atoms with Crippen LogP contribution in [-0.2, 0) is 17.8 Å². The minimum atomic E-state index is 0.360. The third kappa shape index (κ3) is 4.89. The number of hydrogen-bond donors (Lipinski definition) is 1. The zero-order valence-corrected chi connectivity index (χ0v) is 12.9. The average Bonchev–Trinajstić information content (AvgIpc) is 2.86. The predicted molar refractivity (Wildman–Crippen MR) is 78.4 cm³/mol. The van der Waals surface area contributed by atoms with Gasteiger partial charge in [-0.15, -0.1) is 0 Å². The molecular weight excluding hydrogens is 254 g/mol. The van der Waals surface area contributed by atoms with Gasteiger partial charge in [-0.1, -0.05) is 25.9 Å². The highest BCUT2D eigenvalue weighted by Crippen LogP contribution is 2.13. The molecule has 1 N–H and O–H groups in total. The lowest BCUT2D eigenvalue weighted by Gasteiger charge is -2.31. The van der Waals surface area contributed by atoms with Crippen LogP contribution in [0.3, 0.4) is 0 Å². The third-order valence-electron chi connectivity index (χ3n) is 3.52. The summed E-state index contributed by atoms with van der Waals surface area (Å²) < 4.78 is 11.1. The Morgan fingerprint density at radius 1 is 1.50 bits per heavy atom. The number of morpholine rings is 1. The topological polar surface area (TPSA) is 50.5 Å². The van der Waals surface area contributed by atoms with Crippen LogP contribution in [-0.4, -0.2) is 42.4 Å². The fourth-order valence-electron chi connectivity index (χ4n) is 2.39. The molecule has 5 nitrogen and oxygen atoms in total. The highest BCUT2D eigenvalue weighted by molar-refractivity contribution is 5.05. The van der Waals surface area contributed by atoms with Gasteiger partial charge in [0.15, 0.2) is 5.76 Å².